The van der Waals surface area contributed by atoms with Gasteiger partial charge in [0.15, 0.2) is 0 Å². The van der Waals surface area contributed by atoms with Crippen molar-refractivity contribution < 1.29 is 8.85 Å². The van der Waals surface area contributed by atoms with Crippen molar-refractivity contribution in [2.75, 3.05) is 6.61 Å². The lowest BCUT2D eigenvalue weighted by molar-refractivity contribution is 0.303. The van der Waals surface area contributed by atoms with Gasteiger partial charge in [0.05, 0.1) is 12.9 Å². The fourth-order valence-corrected chi connectivity index (χ4v) is 0.957. The van der Waals surface area contributed by atoms with Crippen LogP contribution in [-0.4, -0.2) is 16.6 Å². The molecule has 0 aromatic rings. The molecular weight excluding hydrogens is 120 g/mol. The predicted octanol–water partition coefficient (Wildman–Crippen LogP) is 0.102. The first-order valence-electron chi connectivity index (χ1n) is 2.51. The minimum Gasteiger partial charge on any atom is -0.531 e. The Labute approximate surface area is 50.9 Å². The van der Waals surface area contributed by atoms with E-state index in [0.29, 0.717) is 6.61 Å². The molecule has 1 heterocycles. The fraction of sp³-hybridized carbons (Fsp3) is 0.200. The third-order valence-electron chi connectivity index (χ3n) is 0.787. The second-order valence-electron chi connectivity index (χ2n) is 1.41. The smallest absolute Gasteiger partial charge is 0.365 e. The Morgan fingerprint density at radius 3 is 3.38 bits per heavy atom. The zero-order chi connectivity index (χ0) is 5.66. The summed E-state index contributed by atoms with van der Waals surface area (Å²) in [4.78, 5) is 0. The molecule has 3 heteroatoms. The van der Waals surface area contributed by atoms with Crippen molar-refractivity contribution in [1.29, 1.82) is 0 Å². The molecule has 0 N–H and O–H groups in total. The molecule has 0 aromatic carbocycles. The van der Waals surface area contributed by atoms with Crippen LogP contribution in [0.4, 0.5) is 0 Å². The Balaban J connectivity index is 2.33. The van der Waals surface area contributed by atoms with Crippen molar-refractivity contribution in [3.05, 3.63) is 24.5 Å². The van der Waals surface area contributed by atoms with E-state index in [-0.39, 0.29) is 0 Å². The largest absolute Gasteiger partial charge is 0.531 e. The maximum absolute atomic E-state index is 5.05. The maximum Gasteiger partial charge on any atom is 0.365 e. The van der Waals surface area contributed by atoms with Crippen molar-refractivity contribution >= 4 is 10.0 Å². The first-order valence-corrected chi connectivity index (χ1v) is 3.66. The van der Waals surface area contributed by atoms with Crippen LogP contribution in [0.5, 0.6) is 0 Å². The van der Waals surface area contributed by atoms with E-state index in [1.165, 1.54) is 0 Å². The summed E-state index contributed by atoms with van der Waals surface area (Å²) in [6, 6.07) is 0. The molecule has 44 valence electrons. The summed E-state index contributed by atoms with van der Waals surface area (Å²) >= 11 is 0. The highest BCUT2D eigenvalue weighted by Crippen LogP contribution is 1.85. The molecule has 1 aliphatic heterocycles. The lowest BCUT2D eigenvalue weighted by atomic mass is 10.5. The Kier molecular flexibility index (Phi) is 2.42. The number of allylic oxidation sites excluding steroid dienone is 2. The molecule has 0 saturated heterocycles. The van der Waals surface area contributed by atoms with Gasteiger partial charge in [-0.15, -0.1) is 0 Å². The van der Waals surface area contributed by atoms with Crippen LogP contribution < -0.4 is 0 Å². The van der Waals surface area contributed by atoms with Crippen molar-refractivity contribution in [2.24, 2.45) is 0 Å². The molecule has 2 nitrogen and oxygen atoms in total. The topological polar surface area (TPSA) is 18.5 Å². The zero-order valence-electron chi connectivity index (χ0n) is 4.54. The van der Waals surface area contributed by atoms with Crippen LogP contribution in [0.15, 0.2) is 24.5 Å². The van der Waals surface area contributed by atoms with Gasteiger partial charge in [-0.1, -0.05) is 12.2 Å². The van der Waals surface area contributed by atoms with Crippen LogP contribution in [0, 0.1) is 0 Å². The minimum atomic E-state index is -0.687. The Morgan fingerprint density at radius 1 is 1.38 bits per heavy atom. The average molecular weight is 128 g/mol. The van der Waals surface area contributed by atoms with E-state index in [4.69, 9.17) is 8.85 Å². The Hall–Kier alpha value is -0.543. The van der Waals surface area contributed by atoms with E-state index in [9.17, 15) is 0 Å². The van der Waals surface area contributed by atoms with E-state index in [1.54, 1.807) is 6.26 Å². The van der Waals surface area contributed by atoms with Crippen molar-refractivity contribution in [3.8, 4) is 0 Å². The summed E-state index contributed by atoms with van der Waals surface area (Å²) in [6.45, 7) is 0.705. The lowest BCUT2D eigenvalue weighted by Gasteiger charge is -2.00. The molecule has 0 aromatic heterocycles. The molecule has 0 fully saturated rings. The van der Waals surface area contributed by atoms with Gasteiger partial charge in [0.25, 0.3) is 0 Å². The van der Waals surface area contributed by atoms with Crippen LogP contribution >= 0.6 is 0 Å². The van der Waals surface area contributed by atoms with E-state index < -0.39 is 10.0 Å². The van der Waals surface area contributed by atoms with Gasteiger partial charge >= 0.3 is 10.0 Å². The highest BCUT2D eigenvalue weighted by molar-refractivity contribution is 6.18. The number of hydrogen-bond acceptors (Lipinski definition) is 2. The van der Waals surface area contributed by atoms with E-state index >= 15 is 0 Å². The van der Waals surface area contributed by atoms with Crippen LogP contribution in [0.1, 0.15) is 0 Å². The highest BCUT2D eigenvalue weighted by atomic mass is 28.3. The van der Waals surface area contributed by atoms with Gasteiger partial charge < -0.3 is 8.85 Å². The maximum atomic E-state index is 5.05. The van der Waals surface area contributed by atoms with Gasteiger partial charge in [-0.05, 0) is 6.08 Å². The summed E-state index contributed by atoms with van der Waals surface area (Å²) in [5.41, 5.74) is 0. The van der Waals surface area contributed by atoms with Crippen molar-refractivity contribution in [1.82, 2.24) is 0 Å². The van der Waals surface area contributed by atoms with Crippen LogP contribution in [-0.2, 0) is 8.85 Å². The van der Waals surface area contributed by atoms with Crippen LogP contribution in [0.25, 0.3) is 0 Å². The highest BCUT2D eigenvalue weighted by Gasteiger charge is 1.84. The molecule has 0 unspecified atom stereocenters. The molecule has 0 bridgehead atoms. The molecule has 0 spiro atoms. The number of hydrogen-bond donors (Lipinski definition) is 0. The van der Waals surface area contributed by atoms with Gasteiger partial charge in [-0.3, -0.25) is 0 Å². The van der Waals surface area contributed by atoms with Gasteiger partial charge in [0, 0.05) is 0 Å². The summed E-state index contributed by atoms with van der Waals surface area (Å²) < 4.78 is 10.0. The summed E-state index contributed by atoms with van der Waals surface area (Å²) in [7, 11) is -0.687. The third kappa shape index (κ3) is 1.95. The fourth-order valence-electron chi connectivity index (χ4n) is 0.439. The second kappa shape index (κ2) is 3.46. The minimum absolute atomic E-state index is 0.687. The monoisotopic (exact) mass is 128 g/mol. The first-order chi connectivity index (χ1) is 4.00. The van der Waals surface area contributed by atoms with Gasteiger partial charge in [-0.25, -0.2) is 0 Å². The summed E-state index contributed by atoms with van der Waals surface area (Å²) in [6.07, 6.45) is 7.41. The lowest BCUT2D eigenvalue weighted by Crippen LogP contribution is -2.01. The average Bonchev–Trinajstić information content (AvgIpc) is 1.62. The van der Waals surface area contributed by atoms with Crippen LogP contribution in [0.3, 0.4) is 0 Å². The summed E-state index contributed by atoms with van der Waals surface area (Å²) in [5.74, 6) is 0. The van der Waals surface area contributed by atoms with Crippen molar-refractivity contribution in [3.63, 3.8) is 0 Å². The van der Waals surface area contributed by atoms with E-state index in [2.05, 4.69) is 0 Å². The molecule has 0 aliphatic carbocycles. The molecular formula is C5H8O2Si. The summed E-state index contributed by atoms with van der Waals surface area (Å²) in [5, 5.41) is 0. The van der Waals surface area contributed by atoms with E-state index in [0.717, 1.165) is 0 Å². The molecule has 1 aliphatic rings. The SMILES string of the molecule is C1=CCO[SiH2]OC=C1. The molecule has 8 heavy (non-hydrogen) atoms. The second-order valence-corrected chi connectivity index (χ2v) is 2.39. The normalized spacial score (nSPS) is 22.0. The Bertz CT molecular complexity index is 95.0. The molecule has 0 atom stereocenters. The first kappa shape index (κ1) is 5.59. The molecule has 1 rings (SSSR count). The molecule has 0 amide bonds. The van der Waals surface area contributed by atoms with Gasteiger partial charge in [0.1, 0.15) is 0 Å². The quantitative estimate of drug-likeness (QED) is 0.431. The van der Waals surface area contributed by atoms with E-state index in [1.807, 2.05) is 18.2 Å². The predicted molar refractivity (Wildman–Crippen MR) is 33.9 cm³/mol. The zero-order valence-corrected chi connectivity index (χ0v) is 5.95. The molecule has 0 radical (unpaired) electrons. The third-order valence-corrected chi connectivity index (χ3v) is 1.52. The van der Waals surface area contributed by atoms with Crippen LogP contribution in [0.2, 0.25) is 0 Å². The Morgan fingerprint density at radius 2 is 2.38 bits per heavy atom. The number of rotatable bonds is 0. The standard InChI is InChI=1S/C5H8O2Si/c1-2-4-6-8-7-5-3-1/h1-4H,5,8H2. The molecule has 0 saturated carbocycles. The van der Waals surface area contributed by atoms with Gasteiger partial charge in [-0.2, -0.15) is 0 Å². The van der Waals surface area contributed by atoms with Gasteiger partial charge in [0.2, 0.25) is 0 Å². The van der Waals surface area contributed by atoms with Crippen molar-refractivity contribution in [2.45, 2.75) is 0 Å².